The lowest BCUT2D eigenvalue weighted by atomic mass is 10.2. The monoisotopic (exact) mass is 199 g/mol. The molecule has 0 saturated heterocycles. The molecule has 1 aliphatic rings. The van der Waals surface area contributed by atoms with Gasteiger partial charge in [0.2, 0.25) is 0 Å². The Labute approximate surface area is 86.2 Å². The lowest BCUT2D eigenvalue weighted by Gasteiger charge is -2.12. The van der Waals surface area contributed by atoms with E-state index in [0.29, 0.717) is 12.5 Å². The van der Waals surface area contributed by atoms with E-state index < -0.39 is 0 Å². The Morgan fingerprint density at radius 3 is 2.64 bits per heavy atom. The van der Waals surface area contributed by atoms with E-state index in [1.165, 1.54) is 12.8 Å². The summed E-state index contributed by atoms with van der Waals surface area (Å²) in [6.45, 7) is 5.47. The summed E-state index contributed by atoms with van der Waals surface area (Å²) in [5, 5.41) is 3.08. The number of carbonyl (C=O) groups is 1. The maximum Gasteiger partial charge on any atom is 0.320 e. The summed E-state index contributed by atoms with van der Waals surface area (Å²) in [5.41, 5.74) is 0. The molecule has 0 aromatic rings. The van der Waals surface area contributed by atoms with Gasteiger partial charge in [0.1, 0.15) is 6.10 Å². The third-order valence-electron chi connectivity index (χ3n) is 2.42. The van der Waals surface area contributed by atoms with Crippen molar-refractivity contribution in [1.29, 1.82) is 0 Å². The average Bonchev–Trinajstić information content (AvgIpc) is 2.56. The fourth-order valence-corrected chi connectivity index (χ4v) is 1.70. The second-order valence-corrected chi connectivity index (χ2v) is 4.42. The van der Waals surface area contributed by atoms with Gasteiger partial charge in [-0.05, 0) is 38.1 Å². The molecule has 0 heterocycles. The number of carbonyl (C=O) groups excluding carboxylic acids is 1. The molecule has 82 valence electrons. The molecule has 1 aliphatic carbocycles. The SMILES string of the molecule is CC(C)CNCC(=O)OC1CCCC1. The zero-order chi connectivity index (χ0) is 10.4. The van der Waals surface area contributed by atoms with Crippen molar-refractivity contribution < 1.29 is 9.53 Å². The van der Waals surface area contributed by atoms with Crippen molar-refractivity contribution >= 4 is 5.97 Å². The van der Waals surface area contributed by atoms with Gasteiger partial charge in [0.25, 0.3) is 0 Å². The van der Waals surface area contributed by atoms with Crippen LogP contribution in [0.4, 0.5) is 0 Å². The first-order valence-corrected chi connectivity index (χ1v) is 5.58. The third-order valence-corrected chi connectivity index (χ3v) is 2.42. The highest BCUT2D eigenvalue weighted by Gasteiger charge is 2.18. The molecular formula is C11H21NO2. The number of esters is 1. The second kappa shape index (κ2) is 6.02. The Bertz CT molecular complexity index is 174. The molecule has 0 aromatic carbocycles. The molecule has 0 aliphatic heterocycles. The Kier molecular flexibility index (Phi) is 4.94. The van der Waals surface area contributed by atoms with Gasteiger partial charge in [0.05, 0.1) is 6.54 Å². The summed E-state index contributed by atoms with van der Waals surface area (Å²) in [5.74, 6) is 0.479. The van der Waals surface area contributed by atoms with Crippen LogP contribution in [0.2, 0.25) is 0 Å². The predicted octanol–water partition coefficient (Wildman–Crippen LogP) is 1.72. The quantitative estimate of drug-likeness (QED) is 0.685. The smallest absolute Gasteiger partial charge is 0.320 e. The van der Waals surface area contributed by atoms with E-state index in [-0.39, 0.29) is 12.1 Å². The molecule has 1 fully saturated rings. The van der Waals surface area contributed by atoms with E-state index in [4.69, 9.17) is 4.74 Å². The number of nitrogens with one attached hydrogen (secondary N) is 1. The molecule has 1 N–H and O–H groups in total. The van der Waals surface area contributed by atoms with Crippen LogP contribution < -0.4 is 5.32 Å². The van der Waals surface area contributed by atoms with E-state index in [2.05, 4.69) is 19.2 Å². The van der Waals surface area contributed by atoms with E-state index in [9.17, 15) is 4.79 Å². The van der Waals surface area contributed by atoms with Crippen LogP contribution in [0, 0.1) is 5.92 Å². The van der Waals surface area contributed by atoms with Crippen LogP contribution in [0.1, 0.15) is 39.5 Å². The number of rotatable bonds is 5. The molecular weight excluding hydrogens is 178 g/mol. The molecule has 0 aromatic heterocycles. The molecule has 1 rings (SSSR count). The zero-order valence-corrected chi connectivity index (χ0v) is 9.21. The van der Waals surface area contributed by atoms with Gasteiger partial charge >= 0.3 is 5.97 Å². The van der Waals surface area contributed by atoms with Crippen LogP contribution in [0.15, 0.2) is 0 Å². The average molecular weight is 199 g/mol. The van der Waals surface area contributed by atoms with Gasteiger partial charge in [-0.1, -0.05) is 13.8 Å². The summed E-state index contributed by atoms with van der Waals surface area (Å²) in [4.78, 5) is 11.3. The van der Waals surface area contributed by atoms with Crippen LogP contribution in [0.25, 0.3) is 0 Å². The van der Waals surface area contributed by atoms with Crippen molar-refractivity contribution in [2.45, 2.75) is 45.6 Å². The zero-order valence-electron chi connectivity index (χ0n) is 9.21. The Balaban J connectivity index is 2.03. The highest BCUT2D eigenvalue weighted by Crippen LogP contribution is 2.20. The van der Waals surface area contributed by atoms with Crippen molar-refractivity contribution in [2.75, 3.05) is 13.1 Å². The Morgan fingerprint density at radius 2 is 2.07 bits per heavy atom. The molecule has 3 heteroatoms. The van der Waals surface area contributed by atoms with Crippen molar-refractivity contribution in [1.82, 2.24) is 5.32 Å². The lowest BCUT2D eigenvalue weighted by molar-refractivity contribution is -0.147. The minimum absolute atomic E-state index is 0.0995. The molecule has 14 heavy (non-hydrogen) atoms. The first kappa shape index (κ1) is 11.5. The molecule has 0 atom stereocenters. The van der Waals surface area contributed by atoms with Crippen LogP contribution in [0.5, 0.6) is 0 Å². The van der Waals surface area contributed by atoms with Crippen LogP contribution in [0.3, 0.4) is 0 Å². The summed E-state index contributed by atoms with van der Waals surface area (Å²) in [7, 11) is 0. The molecule has 0 amide bonds. The van der Waals surface area contributed by atoms with Gasteiger partial charge in [-0.25, -0.2) is 0 Å². The minimum atomic E-state index is -0.0995. The van der Waals surface area contributed by atoms with Crippen LogP contribution >= 0.6 is 0 Å². The molecule has 0 spiro atoms. The molecule has 0 bridgehead atoms. The van der Waals surface area contributed by atoms with Gasteiger partial charge in [-0.15, -0.1) is 0 Å². The predicted molar refractivity (Wildman–Crippen MR) is 56.1 cm³/mol. The van der Waals surface area contributed by atoms with Gasteiger partial charge < -0.3 is 10.1 Å². The first-order valence-electron chi connectivity index (χ1n) is 5.58. The minimum Gasteiger partial charge on any atom is -0.461 e. The Morgan fingerprint density at radius 1 is 1.43 bits per heavy atom. The number of hydrogen-bond acceptors (Lipinski definition) is 3. The maximum absolute atomic E-state index is 11.3. The molecule has 0 radical (unpaired) electrons. The van der Waals surface area contributed by atoms with E-state index in [0.717, 1.165) is 19.4 Å². The van der Waals surface area contributed by atoms with E-state index in [1.807, 2.05) is 0 Å². The summed E-state index contributed by atoms with van der Waals surface area (Å²) < 4.78 is 5.29. The summed E-state index contributed by atoms with van der Waals surface area (Å²) in [6, 6.07) is 0. The maximum atomic E-state index is 11.3. The van der Waals surface area contributed by atoms with E-state index >= 15 is 0 Å². The van der Waals surface area contributed by atoms with Gasteiger partial charge in [-0.3, -0.25) is 4.79 Å². The fraction of sp³-hybridized carbons (Fsp3) is 0.909. The highest BCUT2D eigenvalue weighted by molar-refractivity contribution is 5.71. The van der Waals surface area contributed by atoms with Crippen LogP contribution in [-0.4, -0.2) is 25.2 Å². The second-order valence-electron chi connectivity index (χ2n) is 4.42. The topological polar surface area (TPSA) is 38.3 Å². The molecule has 1 saturated carbocycles. The largest absolute Gasteiger partial charge is 0.461 e. The Hall–Kier alpha value is -0.570. The first-order chi connectivity index (χ1) is 6.68. The van der Waals surface area contributed by atoms with Gasteiger partial charge in [0, 0.05) is 0 Å². The van der Waals surface area contributed by atoms with Crippen molar-refractivity contribution in [3.05, 3.63) is 0 Å². The van der Waals surface area contributed by atoms with Crippen molar-refractivity contribution in [3.63, 3.8) is 0 Å². The number of hydrogen-bond donors (Lipinski definition) is 1. The molecule has 0 unspecified atom stereocenters. The normalized spacial score (nSPS) is 17.6. The summed E-state index contributed by atoms with van der Waals surface area (Å²) >= 11 is 0. The molecule has 3 nitrogen and oxygen atoms in total. The highest BCUT2D eigenvalue weighted by atomic mass is 16.5. The standard InChI is InChI=1S/C11H21NO2/c1-9(2)7-12-8-11(13)14-10-5-3-4-6-10/h9-10,12H,3-8H2,1-2H3. The fourth-order valence-electron chi connectivity index (χ4n) is 1.70. The van der Waals surface area contributed by atoms with Gasteiger partial charge in [-0.2, -0.15) is 0 Å². The van der Waals surface area contributed by atoms with Crippen molar-refractivity contribution in [3.8, 4) is 0 Å². The van der Waals surface area contributed by atoms with Gasteiger partial charge in [0.15, 0.2) is 0 Å². The van der Waals surface area contributed by atoms with E-state index in [1.54, 1.807) is 0 Å². The third kappa shape index (κ3) is 4.61. The number of ether oxygens (including phenoxy) is 1. The van der Waals surface area contributed by atoms with Crippen molar-refractivity contribution in [2.24, 2.45) is 5.92 Å². The van der Waals surface area contributed by atoms with Crippen LogP contribution in [-0.2, 0) is 9.53 Å². The summed E-state index contributed by atoms with van der Waals surface area (Å²) in [6.07, 6.45) is 4.71. The lowest BCUT2D eigenvalue weighted by Crippen LogP contribution is -2.29.